The molecule has 1 aliphatic heterocycles. The van der Waals surface area contributed by atoms with Crippen LogP contribution in [0.5, 0.6) is 0 Å². The normalized spacial score (nSPS) is 16.8. The molecule has 1 N–H and O–H groups in total. The largest absolute Gasteiger partial charge is 0.451 e. The molecule has 1 amide bonds. The molecule has 1 saturated heterocycles. The van der Waals surface area contributed by atoms with E-state index in [-0.39, 0.29) is 5.91 Å². The number of benzene rings is 1. The molecule has 2 heterocycles. The molecule has 0 aliphatic carbocycles. The van der Waals surface area contributed by atoms with Crippen molar-refractivity contribution in [3.63, 3.8) is 0 Å². The zero-order valence-corrected chi connectivity index (χ0v) is 14.1. The molecule has 4 nitrogen and oxygen atoms in total. The summed E-state index contributed by atoms with van der Waals surface area (Å²) >= 11 is 0. The van der Waals surface area contributed by atoms with E-state index in [0.29, 0.717) is 12.3 Å². The molecule has 4 heteroatoms. The Balaban J connectivity index is 1.48. The number of amides is 1. The number of aryl methyl sites for hydroxylation is 1. The molecular formula is C19H26N2O2. The van der Waals surface area contributed by atoms with Crippen molar-refractivity contribution in [3.05, 3.63) is 35.6 Å². The van der Waals surface area contributed by atoms with Gasteiger partial charge in [0.25, 0.3) is 5.91 Å². The van der Waals surface area contributed by atoms with Crippen molar-refractivity contribution >= 4 is 16.9 Å². The van der Waals surface area contributed by atoms with Crippen LogP contribution in [-0.4, -0.2) is 37.0 Å². The number of likely N-dealkylation sites (tertiary alicyclic amines) is 1. The van der Waals surface area contributed by atoms with Crippen molar-refractivity contribution in [3.8, 4) is 0 Å². The summed E-state index contributed by atoms with van der Waals surface area (Å²) in [7, 11) is 0. The standard InChI is InChI=1S/C19H26N2O2/c1-14-8-12-21(13-9-14)11-5-10-20-19(22)18-15(2)16-6-3-4-7-17(16)23-18/h3-4,6-7,14H,5,8-13H2,1-2H3,(H,20,22). The molecule has 1 fully saturated rings. The second-order valence-electron chi connectivity index (χ2n) is 6.69. The van der Waals surface area contributed by atoms with E-state index in [0.717, 1.165) is 35.4 Å². The van der Waals surface area contributed by atoms with Gasteiger partial charge in [0.15, 0.2) is 5.76 Å². The van der Waals surface area contributed by atoms with Gasteiger partial charge in [-0.15, -0.1) is 0 Å². The lowest BCUT2D eigenvalue weighted by molar-refractivity contribution is 0.0924. The number of hydrogen-bond acceptors (Lipinski definition) is 3. The highest BCUT2D eigenvalue weighted by Gasteiger charge is 2.18. The first-order valence-electron chi connectivity index (χ1n) is 8.64. The van der Waals surface area contributed by atoms with Gasteiger partial charge in [0.05, 0.1) is 0 Å². The molecule has 2 aromatic rings. The molecule has 23 heavy (non-hydrogen) atoms. The maximum Gasteiger partial charge on any atom is 0.287 e. The van der Waals surface area contributed by atoms with Crippen LogP contribution in [0.4, 0.5) is 0 Å². The van der Waals surface area contributed by atoms with Gasteiger partial charge < -0.3 is 14.6 Å². The van der Waals surface area contributed by atoms with E-state index in [9.17, 15) is 4.79 Å². The summed E-state index contributed by atoms with van der Waals surface area (Å²) in [6.07, 6.45) is 3.58. The fourth-order valence-corrected chi connectivity index (χ4v) is 3.26. The number of nitrogens with zero attached hydrogens (tertiary/aromatic N) is 1. The lowest BCUT2D eigenvalue weighted by Gasteiger charge is -2.30. The molecule has 124 valence electrons. The Morgan fingerprint density at radius 1 is 1.30 bits per heavy atom. The summed E-state index contributed by atoms with van der Waals surface area (Å²) in [6, 6.07) is 7.78. The van der Waals surface area contributed by atoms with E-state index in [1.54, 1.807) is 0 Å². The third kappa shape index (κ3) is 3.75. The Bertz CT molecular complexity index is 669. The number of rotatable bonds is 5. The van der Waals surface area contributed by atoms with E-state index in [1.165, 1.54) is 25.9 Å². The fraction of sp³-hybridized carbons (Fsp3) is 0.526. The van der Waals surface area contributed by atoms with Gasteiger partial charge in [-0.1, -0.05) is 25.1 Å². The Morgan fingerprint density at radius 2 is 2.04 bits per heavy atom. The minimum absolute atomic E-state index is 0.106. The molecule has 1 aliphatic rings. The molecule has 0 bridgehead atoms. The van der Waals surface area contributed by atoms with Crippen molar-refractivity contribution in [1.29, 1.82) is 0 Å². The van der Waals surface area contributed by atoms with Crippen LogP contribution in [-0.2, 0) is 0 Å². The van der Waals surface area contributed by atoms with Gasteiger partial charge in [0, 0.05) is 17.5 Å². The van der Waals surface area contributed by atoms with Crippen LogP contribution in [0, 0.1) is 12.8 Å². The number of hydrogen-bond donors (Lipinski definition) is 1. The maximum atomic E-state index is 12.3. The van der Waals surface area contributed by atoms with Crippen LogP contribution in [0.3, 0.4) is 0 Å². The lowest BCUT2D eigenvalue weighted by atomic mass is 9.99. The van der Waals surface area contributed by atoms with E-state index < -0.39 is 0 Å². The van der Waals surface area contributed by atoms with Gasteiger partial charge in [-0.3, -0.25) is 4.79 Å². The van der Waals surface area contributed by atoms with Crippen molar-refractivity contribution in [2.45, 2.75) is 33.1 Å². The molecule has 1 aromatic carbocycles. The minimum Gasteiger partial charge on any atom is -0.451 e. The zero-order valence-electron chi connectivity index (χ0n) is 14.1. The van der Waals surface area contributed by atoms with Gasteiger partial charge in [-0.2, -0.15) is 0 Å². The third-order valence-electron chi connectivity index (χ3n) is 4.86. The Hall–Kier alpha value is -1.81. The van der Waals surface area contributed by atoms with Crippen molar-refractivity contribution in [2.24, 2.45) is 5.92 Å². The molecular weight excluding hydrogens is 288 g/mol. The van der Waals surface area contributed by atoms with Gasteiger partial charge >= 0.3 is 0 Å². The van der Waals surface area contributed by atoms with Crippen molar-refractivity contribution in [1.82, 2.24) is 10.2 Å². The smallest absolute Gasteiger partial charge is 0.287 e. The number of nitrogens with one attached hydrogen (secondary N) is 1. The summed E-state index contributed by atoms with van der Waals surface area (Å²) in [5.74, 6) is 1.20. The van der Waals surface area contributed by atoms with Crippen LogP contribution < -0.4 is 5.32 Å². The predicted octanol–water partition coefficient (Wildman–Crippen LogP) is 3.59. The summed E-state index contributed by atoms with van der Waals surface area (Å²) in [5.41, 5.74) is 1.70. The number of furan rings is 1. The van der Waals surface area contributed by atoms with Crippen LogP contribution in [0.1, 0.15) is 42.3 Å². The SMILES string of the molecule is Cc1c(C(=O)NCCCN2CCC(C)CC2)oc2ccccc12. The second-order valence-corrected chi connectivity index (χ2v) is 6.69. The van der Waals surface area contributed by atoms with Crippen LogP contribution >= 0.6 is 0 Å². The lowest BCUT2D eigenvalue weighted by Crippen LogP contribution is -2.35. The number of carbonyl (C=O) groups excluding carboxylic acids is 1. The highest BCUT2D eigenvalue weighted by atomic mass is 16.3. The van der Waals surface area contributed by atoms with E-state index in [1.807, 2.05) is 31.2 Å². The molecule has 0 saturated carbocycles. The number of carbonyl (C=O) groups is 1. The number of para-hydroxylation sites is 1. The van der Waals surface area contributed by atoms with Gasteiger partial charge in [-0.25, -0.2) is 0 Å². The maximum absolute atomic E-state index is 12.3. The summed E-state index contributed by atoms with van der Waals surface area (Å²) in [6.45, 7) is 8.41. The summed E-state index contributed by atoms with van der Waals surface area (Å²) in [4.78, 5) is 14.8. The zero-order chi connectivity index (χ0) is 16.2. The first kappa shape index (κ1) is 16.1. The molecule has 0 unspecified atom stereocenters. The molecule has 0 spiro atoms. The Morgan fingerprint density at radius 3 is 2.78 bits per heavy atom. The van der Waals surface area contributed by atoms with Crippen molar-refractivity contribution < 1.29 is 9.21 Å². The highest BCUT2D eigenvalue weighted by molar-refractivity contribution is 5.98. The van der Waals surface area contributed by atoms with Crippen LogP contribution in [0.25, 0.3) is 11.0 Å². The van der Waals surface area contributed by atoms with Gasteiger partial charge in [0.2, 0.25) is 0 Å². The minimum atomic E-state index is -0.106. The van der Waals surface area contributed by atoms with Gasteiger partial charge in [0.1, 0.15) is 5.58 Å². The molecule has 0 radical (unpaired) electrons. The van der Waals surface area contributed by atoms with Gasteiger partial charge in [-0.05, 0) is 57.8 Å². The number of piperidine rings is 1. The second kappa shape index (κ2) is 7.18. The number of fused-ring (bicyclic) bond motifs is 1. The van der Waals surface area contributed by atoms with E-state index in [4.69, 9.17) is 4.42 Å². The van der Waals surface area contributed by atoms with Crippen LogP contribution in [0.2, 0.25) is 0 Å². The first-order chi connectivity index (χ1) is 11.1. The average molecular weight is 314 g/mol. The Labute approximate surface area is 137 Å². The highest BCUT2D eigenvalue weighted by Crippen LogP contribution is 2.24. The monoisotopic (exact) mass is 314 g/mol. The van der Waals surface area contributed by atoms with E-state index in [2.05, 4.69) is 17.1 Å². The molecule has 0 atom stereocenters. The fourth-order valence-electron chi connectivity index (χ4n) is 3.26. The topological polar surface area (TPSA) is 45.5 Å². The van der Waals surface area contributed by atoms with E-state index >= 15 is 0 Å². The van der Waals surface area contributed by atoms with Crippen LogP contribution in [0.15, 0.2) is 28.7 Å². The average Bonchev–Trinajstić information content (AvgIpc) is 2.90. The Kier molecular flexibility index (Phi) is 5.01. The first-order valence-corrected chi connectivity index (χ1v) is 8.64. The third-order valence-corrected chi connectivity index (χ3v) is 4.86. The summed E-state index contributed by atoms with van der Waals surface area (Å²) in [5, 5.41) is 4.00. The molecule has 1 aromatic heterocycles. The predicted molar refractivity (Wildman–Crippen MR) is 92.7 cm³/mol. The van der Waals surface area contributed by atoms with Crippen molar-refractivity contribution in [2.75, 3.05) is 26.2 Å². The molecule has 3 rings (SSSR count). The quantitative estimate of drug-likeness (QED) is 0.858. The summed E-state index contributed by atoms with van der Waals surface area (Å²) < 4.78 is 5.70.